The molecule has 0 atom stereocenters. The normalized spacial score (nSPS) is 18.8. The van der Waals surface area contributed by atoms with Crippen molar-refractivity contribution < 1.29 is 32.3 Å². The Labute approximate surface area is 167 Å². The van der Waals surface area contributed by atoms with E-state index in [0.717, 1.165) is 5.57 Å². The average molecular weight is 435 g/mol. The molecule has 0 saturated carbocycles. The predicted octanol–water partition coefficient (Wildman–Crippen LogP) is 3.95. The zero-order chi connectivity index (χ0) is 20.8. The molecule has 0 spiro atoms. The lowest BCUT2D eigenvalue weighted by molar-refractivity contribution is 0.191. The minimum atomic E-state index is -3.97. The van der Waals surface area contributed by atoms with Crippen LogP contribution in [0.4, 0.5) is 0 Å². The summed E-state index contributed by atoms with van der Waals surface area (Å²) < 4.78 is 50.3. The zero-order valence-corrected chi connectivity index (χ0v) is 18.8. The van der Waals surface area contributed by atoms with Gasteiger partial charge in [0.05, 0.1) is 26.4 Å². The van der Waals surface area contributed by atoms with Gasteiger partial charge in [-0.05, 0) is 57.4 Å². The summed E-state index contributed by atoms with van der Waals surface area (Å²) in [4.78, 5) is -1.69. The van der Waals surface area contributed by atoms with Crippen molar-refractivity contribution in [3.8, 4) is 0 Å². The Morgan fingerprint density at radius 1 is 0.964 bits per heavy atom. The monoisotopic (exact) mass is 435 g/mol. The Bertz CT molecular complexity index is 694. The third-order valence-electron chi connectivity index (χ3n) is 4.41. The van der Waals surface area contributed by atoms with Crippen LogP contribution < -0.4 is 5.32 Å². The van der Waals surface area contributed by atoms with Crippen molar-refractivity contribution in [1.82, 2.24) is 5.32 Å². The van der Waals surface area contributed by atoms with Crippen molar-refractivity contribution in [2.24, 2.45) is 0 Å². The van der Waals surface area contributed by atoms with Gasteiger partial charge in [0.2, 0.25) is 4.90 Å². The van der Waals surface area contributed by atoms with E-state index in [9.17, 15) is 14.2 Å². The molecule has 2 N–H and O–H groups in total. The highest BCUT2D eigenvalue weighted by Gasteiger charge is 2.65. The Balaban J connectivity index is 2.71. The van der Waals surface area contributed by atoms with E-state index in [0.29, 0.717) is 24.2 Å². The standard InChI is InChI=1S/C18H31NO7P2/c1-5-23-27(21,24-6-2)18(28(22,25-7-3)26-8-4)12-16-11-15(9-10-20)14-19-17(16)13-18/h11-13,19-20H,5-10,14H2,1-4H3. The number of hydrogen-bond acceptors (Lipinski definition) is 8. The van der Waals surface area contributed by atoms with E-state index in [-0.39, 0.29) is 33.0 Å². The molecule has 0 aromatic rings. The third-order valence-corrected chi connectivity index (χ3v) is 10.5. The van der Waals surface area contributed by atoms with E-state index in [1.165, 1.54) is 0 Å². The first-order valence-corrected chi connectivity index (χ1v) is 12.7. The summed E-state index contributed by atoms with van der Waals surface area (Å²) in [5, 5.41) is 12.5. The second-order valence-corrected chi connectivity index (χ2v) is 11.1. The topological polar surface area (TPSA) is 103 Å². The maximum atomic E-state index is 13.9. The molecule has 0 unspecified atom stereocenters. The Kier molecular flexibility index (Phi) is 8.29. The molecule has 0 aromatic carbocycles. The van der Waals surface area contributed by atoms with Gasteiger partial charge in [0.1, 0.15) is 0 Å². The zero-order valence-electron chi connectivity index (χ0n) is 17.0. The van der Waals surface area contributed by atoms with Gasteiger partial charge in [0, 0.05) is 18.8 Å². The highest BCUT2D eigenvalue weighted by molar-refractivity contribution is 7.75. The van der Waals surface area contributed by atoms with E-state index < -0.39 is 20.1 Å². The van der Waals surface area contributed by atoms with Crippen LogP contribution in [-0.4, -0.2) is 49.6 Å². The second kappa shape index (κ2) is 9.86. The molecule has 10 heteroatoms. The number of rotatable bonds is 12. The highest BCUT2D eigenvalue weighted by Crippen LogP contribution is 2.80. The van der Waals surface area contributed by atoms with Crippen LogP contribution >= 0.6 is 15.2 Å². The first kappa shape index (κ1) is 23.6. The fourth-order valence-electron chi connectivity index (χ4n) is 3.33. The minimum Gasteiger partial charge on any atom is -0.396 e. The van der Waals surface area contributed by atoms with Crippen LogP contribution in [0, 0.1) is 0 Å². The van der Waals surface area contributed by atoms with Gasteiger partial charge in [-0.15, -0.1) is 0 Å². The summed E-state index contributed by atoms with van der Waals surface area (Å²) >= 11 is 0. The fourth-order valence-corrected chi connectivity index (χ4v) is 8.73. The molecule has 8 nitrogen and oxygen atoms in total. The van der Waals surface area contributed by atoms with Gasteiger partial charge in [-0.2, -0.15) is 0 Å². The van der Waals surface area contributed by atoms with Crippen LogP contribution in [0.3, 0.4) is 0 Å². The molecule has 0 fully saturated rings. The molecular weight excluding hydrogens is 404 g/mol. The molecule has 2 rings (SSSR count). The molecule has 0 aromatic heterocycles. The smallest absolute Gasteiger partial charge is 0.356 e. The van der Waals surface area contributed by atoms with Crippen LogP contribution in [0.15, 0.2) is 35.1 Å². The molecule has 0 amide bonds. The van der Waals surface area contributed by atoms with E-state index in [2.05, 4.69) is 5.32 Å². The molecule has 1 heterocycles. The van der Waals surface area contributed by atoms with Gasteiger partial charge >= 0.3 is 15.2 Å². The summed E-state index contributed by atoms with van der Waals surface area (Å²) in [6.07, 6.45) is 5.62. The second-order valence-electron chi connectivity index (χ2n) is 6.24. The predicted molar refractivity (Wildman–Crippen MR) is 108 cm³/mol. The van der Waals surface area contributed by atoms with Gasteiger partial charge in [-0.3, -0.25) is 9.13 Å². The van der Waals surface area contributed by atoms with Crippen LogP contribution in [0.2, 0.25) is 0 Å². The molecule has 2 aliphatic rings. The number of aliphatic hydroxyl groups is 1. The van der Waals surface area contributed by atoms with Gasteiger partial charge in [0.15, 0.2) is 0 Å². The molecule has 1 aliphatic heterocycles. The largest absolute Gasteiger partial charge is 0.396 e. The van der Waals surface area contributed by atoms with Crippen molar-refractivity contribution in [1.29, 1.82) is 0 Å². The molecule has 0 radical (unpaired) electrons. The van der Waals surface area contributed by atoms with E-state index in [1.54, 1.807) is 39.8 Å². The summed E-state index contributed by atoms with van der Waals surface area (Å²) in [6.45, 7) is 7.81. The van der Waals surface area contributed by atoms with E-state index in [4.69, 9.17) is 18.1 Å². The summed E-state index contributed by atoms with van der Waals surface area (Å²) in [6, 6.07) is 0. The third kappa shape index (κ3) is 4.24. The number of nitrogens with one attached hydrogen (secondary N) is 1. The van der Waals surface area contributed by atoms with Crippen LogP contribution in [0.5, 0.6) is 0 Å². The number of aliphatic hydroxyl groups excluding tert-OH is 1. The van der Waals surface area contributed by atoms with Crippen molar-refractivity contribution in [2.75, 3.05) is 39.6 Å². The van der Waals surface area contributed by atoms with Gasteiger partial charge in [-0.25, -0.2) is 0 Å². The SMILES string of the molecule is CCOP(=O)(OCC)C1(P(=O)(OCC)OCC)C=C2C=C(CCO)CNC2=C1. The summed E-state index contributed by atoms with van der Waals surface area (Å²) in [7, 11) is -7.94. The molecular formula is C18H31NO7P2. The average Bonchev–Trinajstić information content (AvgIpc) is 3.04. The quantitative estimate of drug-likeness (QED) is 0.444. The lowest BCUT2D eigenvalue weighted by atomic mass is 10.0. The van der Waals surface area contributed by atoms with Crippen molar-refractivity contribution >= 4 is 15.2 Å². The fraction of sp³-hybridized carbons (Fsp3) is 0.667. The summed E-state index contributed by atoms with van der Waals surface area (Å²) in [5.41, 5.74) is 2.35. The first-order valence-electron chi connectivity index (χ1n) is 9.63. The summed E-state index contributed by atoms with van der Waals surface area (Å²) in [5.74, 6) is 0. The minimum absolute atomic E-state index is 0.0255. The Hall–Kier alpha value is -0.720. The maximum Gasteiger partial charge on any atom is 0.356 e. The number of hydrogen-bond donors (Lipinski definition) is 2. The molecule has 160 valence electrons. The lowest BCUT2D eigenvalue weighted by Crippen LogP contribution is -2.29. The maximum absolute atomic E-state index is 13.9. The molecule has 0 saturated heterocycles. The molecule has 28 heavy (non-hydrogen) atoms. The lowest BCUT2D eigenvalue weighted by Gasteiger charge is -2.37. The van der Waals surface area contributed by atoms with Gasteiger partial charge in [0.25, 0.3) is 0 Å². The van der Waals surface area contributed by atoms with Gasteiger partial charge < -0.3 is 28.5 Å². The Morgan fingerprint density at radius 3 is 1.89 bits per heavy atom. The van der Waals surface area contributed by atoms with Crippen LogP contribution in [0.25, 0.3) is 0 Å². The molecule has 1 aliphatic carbocycles. The van der Waals surface area contributed by atoms with E-state index >= 15 is 0 Å². The first-order chi connectivity index (χ1) is 13.3. The van der Waals surface area contributed by atoms with Crippen molar-refractivity contribution in [3.63, 3.8) is 0 Å². The van der Waals surface area contributed by atoms with Crippen molar-refractivity contribution in [2.45, 2.75) is 39.0 Å². The van der Waals surface area contributed by atoms with Crippen molar-refractivity contribution in [3.05, 3.63) is 35.1 Å². The highest BCUT2D eigenvalue weighted by atomic mass is 31.2. The van der Waals surface area contributed by atoms with Crippen LogP contribution in [-0.2, 0) is 27.2 Å². The number of allylic oxidation sites excluding steroid dienone is 3. The van der Waals surface area contributed by atoms with Gasteiger partial charge in [-0.1, -0.05) is 6.08 Å². The molecule has 0 bridgehead atoms. The van der Waals surface area contributed by atoms with E-state index in [1.807, 2.05) is 6.08 Å². The van der Waals surface area contributed by atoms with Crippen LogP contribution in [0.1, 0.15) is 34.1 Å². The number of fused-ring (bicyclic) bond motifs is 1. The Morgan fingerprint density at radius 2 is 1.46 bits per heavy atom.